The smallest absolute Gasteiger partial charge is 0.410 e. The van der Waals surface area contributed by atoms with Crippen molar-refractivity contribution in [3.8, 4) is 0 Å². The van der Waals surface area contributed by atoms with E-state index in [4.69, 9.17) is 4.74 Å². The largest absolute Gasteiger partial charge is 0.445 e. The first kappa shape index (κ1) is 15.1. The molecule has 0 aliphatic carbocycles. The van der Waals surface area contributed by atoms with E-state index >= 15 is 0 Å². The van der Waals surface area contributed by atoms with Crippen molar-refractivity contribution < 1.29 is 9.53 Å². The van der Waals surface area contributed by atoms with E-state index in [0.717, 1.165) is 21.5 Å². The van der Waals surface area contributed by atoms with Gasteiger partial charge in [-0.05, 0) is 33.6 Å². The van der Waals surface area contributed by atoms with E-state index in [-0.39, 0.29) is 12.0 Å². The van der Waals surface area contributed by atoms with Crippen LogP contribution in [0, 0.1) is 0 Å². The number of likely N-dealkylation sites (tertiary alicyclic amines) is 1. The maximum absolute atomic E-state index is 12.1. The van der Waals surface area contributed by atoms with Gasteiger partial charge in [0.15, 0.2) is 5.65 Å². The van der Waals surface area contributed by atoms with Crippen molar-refractivity contribution >= 4 is 27.7 Å². The molecule has 0 spiro atoms. The molecule has 2 aromatic heterocycles. The van der Waals surface area contributed by atoms with Crippen LogP contribution in [0.1, 0.15) is 17.3 Å². The van der Waals surface area contributed by atoms with Crippen LogP contribution in [0.25, 0.3) is 5.65 Å². The Morgan fingerprint density at radius 3 is 2.75 bits per heavy atom. The first-order valence-corrected chi connectivity index (χ1v) is 8.46. The van der Waals surface area contributed by atoms with E-state index in [2.05, 4.69) is 26.1 Å². The Kier molecular flexibility index (Phi) is 3.93. The van der Waals surface area contributed by atoms with Crippen LogP contribution >= 0.6 is 15.9 Å². The van der Waals surface area contributed by atoms with E-state index in [1.165, 1.54) is 0 Å². The highest BCUT2D eigenvalue weighted by molar-refractivity contribution is 9.10. The molecule has 0 radical (unpaired) electrons. The van der Waals surface area contributed by atoms with E-state index in [1.807, 2.05) is 53.1 Å². The molecule has 7 heteroatoms. The van der Waals surface area contributed by atoms with Crippen molar-refractivity contribution in [2.75, 3.05) is 13.1 Å². The van der Waals surface area contributed by atoms with Crippen molar-refractivity contribution in [1.29, 1.82) is 0 Å². The highest BCUT2D eigenvalue weighted by Crippen LogP contribution is 2.27. The zero-order valence-corrected chi connectivity index (χ0v) is 14.4. The Hall–Kier alpha value is -2.41. The Morgan fingerprint density at radius 1 is 1.17 bits per heavy atom. The third-order valence-corrected chi connectivity index (χ3v) is 4.57. The number of benzene rings is 1. The number of carbonyl (C=O) groups is 1. The summed E-state index contributed by atoms with van der Waals surface area (Å²) in [6.45, 7) is 1.49. The summed E-state index contributed by atoms with van der Waals surface area (Å²) < 4.78 is 8.27. The Balaban J connectivity index is 1.37. The van der Waals surface area contributed by atoms with E-state index in [0.29, 0.717) is 19.7 Å². The maximum Gasteiger partial charge on any atom is 0.410 e. The zero-order chi connectivity index (χ0) is 16.5. The van der Waals surface area contributed by atoms with Gasteiger partial charge in [-0.15, -0.1) is 10.2 Å². The average molecular weight is 387 g/mol. The molecule has 0 atom stereocenters. The standard InChI is InChI=1S/C17H15BrN4O2/c18-14-6-7-15-19-20-16(22(15)10-14)13-8-21(9-13)17(23)24-11-12-4-2-1-3-5-12/h1-7,10,13H,8-9,11H2. The molecule has 1 aromatic carbocycles. The van der Waals surface area contributed by atoms with Gasteiger partial charge < -0.3 is 9.64 Å². The minimum absolute atomic E-state index is 0.179. The highest BCUT2D eigenvalue weighted by atomic mass is 79.9. The van der Waals surface area contributed by atoms with Crippen LogP contribution in [0.3, 0.4) is 0 Å². The SMILES string of the molecule is O=C(OCc1ccccc1)N1CC(c2nnc3ccc(Br)cn23)C1. The van der Waals surface area contributed by atoms with Crippen molar-refractivity contribution in [3.63, 3.8) is 0 Å². The number of nitrogens with zero attached hydrogens (tertiary/aromatic N) is 4. The lowest BCUT2D eigenvalue weighted by molar-refractivity contribution is 0.0648. The summed E-state index contributed by atoms with van der Waals surface area (Å²) in [6, 6.07) is 13.5. The van der Waals surface area contributed by atoms with E-state index in [9.17, 15) is 4.79 Å². The Labute approximate surface area is 147 Å². The summed E-state index contributed by atoms with van der Waals surface area (Å²) in [6.07, 6.45) is 1.66. The molecule has 1 saturated heterocycles. The van der Waals surface area contributed by atoms with Crippen molar-refractivity contribution in [3.05, 3.63) is 64.5 Å². The summed E-state index contributed by atoms with van der Waals surface area (Å²) in [5.74, 6) is 1.05. The predicted molar refractivity (Wildman–Crippen MR) is 91.6 cm³/mol. The number of carbonyl (C=O) groups excluding carboxylic acids is 1. The molecule has 0 saturated carbocycles. The van der Waals surface area contributed by atoms with Gasteiger partial charge in [0.25, 0.3) is 0 Å². The molecule has 1 aliphatic heterocycles. The number of hydrogen-bond donors (Lipinski definition) is 0. The van der Waals surface area contributed by atoms with Crippen molar-refractivity contribution in [2.24, 2.45) is 0 Å². The van der Waals surface area contributed by atoms with Gasteiger partial charge in [0.1, 0.15) is 12.4 Å². The molecule has 3 aromatic rings. The van der Waals surface area contributed by atoms with E-state index in [1.54, 1.807) is 4.90 Å². The summed E-state index contributed by atoms with van der Waals surface area (Å²) >= 11 is 3.46. The molecular formula is C17H15BrN4O2. The lowest BCUT2D eigenvalue weighted by Crippen LogP contribution is -2.49. The fraction of sp³-hybridized carbons (Fsp3) is 0.235. The van der Waals surface area contributed by atoms with Crippen LogP contribution in [0.15, 0.2) is 53.1 Å². The first-order valence-electron chi connectivity index (χ1n) is 7.66. The quantitative estimate of drug-likeness (QED) is 0.693. The molecule has 0 N–H and O–H groups in total. The molecular weight excluding hydrogens is 372 g/mol. The lowest BCUT2D eigenvalue weighted by atomic mass is 10.0. The molecule has 6 nitrogen and oxygen atoms in total. The lowest BCUT2D eigenvalue weighted by Gasteiger charge is -2.37. The van der Waals surface area contributed by atoms with Crippen molar-refractivity contribution in [2.45, 2.75) is 12.5 Å². The summed E-state index contributed by atoms with van der Waals surface area (Å²) in [5, 5.41) is 8.43. The fourth-order valence-electron chi connectivity index (χ4n) is 2.76. The predicted octanol–water partition coefficient (Wildman–Crippen LogP) is 3.23. The second kappa shape index (κ2) is 6.24. The van der Waals surface area contributed by atoms with Gasteiger partial charge in [0.05, 0.1) is 5.92 Å². The molecule has 0 bridgehead atoms. The minimum Gasteiger partial charge on any atom is -0.445 e. The van der Waals surface area contributed by atoms with Crippen molar-refractivity contribution in [1.82, 2.24) is 19.5 Å². The average Bonchev–Trinajstić information content (AvgIpc) is 2.95. The molecule has 24 heavy (non-hydrogen) atoms. The van der Waals surface area contributed by atoms with Gasteiger partial charge in [-0.2, -0.15) is 0 Å². The highest BCUT2D eigenvalue weighted by Gasteiger charge is 2.35. The number of hydrogen-bond acceptors (Lipinski definition) is 4. The van der Waals surface area contributed by atoms with Gasteiger partial charge in [-0.3, -0.25) is 4.40 Å². The third-order valence-electron chi connectivity index (χ3n) is 4.10. The molecule has 1 aliphatic rings. The summed E-state index contributed by atoms with van der Waals surface area (Å²) in [7, 11) is 0. The normalized spacial score (nSPS) is 14.6. The number of rotatable bonds is 3. The van der Waals surface area contributed by atoms with Gasteiger partial charge in [-0.1, -0.05) is 30.3 Å². The molecule has 0 unspecified atom stereocenters. The number of fused-ring (bicyclic) bond motifs is 1. The van der Waals surface area contributed by atoms with Crippen LogP contribution < -0.4 is 0 Å². The van der Waals surface area contributed by atoms with Gasteiger partial charge in [0.2, 0.25) is 0 Å². The monoisotopic (exact) mass is 386 g/mol. The minimum atomic E-state index is -0.287. The van der Waals surface area contributed by atoms with Gasteiger partial charge in [-0.25, -0.2) is 4.79 Å². The summed E-state index contributed by atoms with van der Waals surface area (Å²) in [4.78, 5) is 13.8. The first-order chi connectivity index (χ1) is 11.7. The number of amides is 1. The number of pyridine rings is 1. The molecule has 4 rings (SSSR count). The van der Waals surface area contributed by atoms with Crippen LogP contribution in [0.4, 0.5) is 4.79 Å². The summed E-state index contributed by atoms with van der Waals surface area (Å²) in [5.41, 5.74) is 1.79. The number of halogens is 1. The fourth-order valence-corrected chi connectivity index (χ4v) is 3.10. The Bertz CT molecular complexity index is 875. The van der Waals surface area contributed by atoms with Crippen LogP contribution in [0.5, 0.6) is 0 Å². The number of ether oxygens (including phenoxy) is 1. The molecule has 122 valence electrons. The molecule has 1 fully saturated rings. The van der Waals surface area contributed by atoms with Crippen LogP contribution in [-0.4, -0.2) is 38.7 Å². The Morgan fingerprint density at radius 2 is 1.96 bits per heavy atom. The van der Waals surface area contributed by atoms with Crippen LogP contribution in [-0.2, 0) is 11.3 Å². The van der Waals surface area contributed by atoms with Gasteiger partial charge >= 0.3 is 6.09 Å². The molecule has 3 heterocycles. The third kappa shape index (κ3) is 2.87. The zero-order valence-electron chi connectivity index (χ0n) is 12.8. The molecule has 1 amide bonds. The van der Waals surface area contributed by atoms with Gasteiger partial charge in [0, 0.05) is 23.8 Å². The van der Waals surface area contributed by atoms with E-state index < -0.39 is 0 Å². The maximum atomic E-state index is 12.1. The van der Waals surface area contributed by atoms with Crippen LogP contribution in [0.2, 0.25) is 0 Å². The number of aromatic nitrogens is 3. The second-order valence-corrected chi connectivity index (χ2v) is 6.69. The second-order valence-electron chi connectivity index (χ2n) is 5.78. The topological polar surface area (TPSA) is 59.7 Å².